The number of carbonyl (C=O) groups excluding carboxylic acids is 1. The molecule has 1 N–H and O–H groups in total. The summed E-state index contributed by atoms with van der Waals surface area (Å²) >= 11 is 0. The van der Waals surface area contributed by atoms with Crippen LogP contribution in [0.4, 0.5) is 0 Å². The Labute approximate surface area is 147 Å². The molecule has 1 saturated heterocycles. The molecule has 1 aliphatic rings. The number of nitrogens with zero attached hydrogens (tertiary/aromatic N) is 3. The van der Waals surface area contributed by atoms with Gasteiger partial charge in [-0.05, 0) is 38.3 Å². The number of hydrogen-bond donors (Lipinski definition) is 1. The van der Waals surface area contributed by atoms with Crippen molar-refractivity contribution in [2.24, 2.45) is 0 Å². The number of hydrogen-bond acceptors (Lipinski definition) is 5. The van der Waals surface area contributed by atoms with Crippen molar-refractivity contribution in [3.05, 3.63) is 35.4 Å². The highest BCUT2D eigenvalue weighted by Crippen LogP contribution is 2.33. The molecular weight excluding hydrogens is 320 g/mol. The number of carbonyl (C=O) groups is 1. The lowest BCUT2D eigenvalue weighted by molar-refractivity contribution is -0.134. The van der Waals surface area contributed by atoms with E-state index in [4.69, 9.17) is 9.47 Å². The van der Waals surface area contributed by atoms with E-state index in [2.05, 4.69) is 15.2 Å². The number of rotatable bonds is 5. The number of amides is 1. The minimum absolute atomic E-state index is 0.0370. The minimum atomic E-state index is -0.0769. The number of methoxy groups -OCH3 is 2. The fourth-order valence-corrected chi connectivity index (χ4v) is 3.36. The van der Waals surface area contributed by atoms with Gasteiger partial charge in [-0.3, -0.25) is 9.89 Å². The molecular formula is C18H24N4O3. The molecule has 0 saturated carbocycles. The van der Waals surface area contributed by atoms with E-state index in [0.717, 1.165) is 30.7 Å². The van der Waals surface area contributed by atoms with Crippen LogP contribution >= 0.6 is 0 Å². The van der Waals surface area contributed by atoms with Crippen molar-refractivity contribution in [3.63, 3.8) is 0 Å². The zero-order valence-corrected chi connectivity index (χ0v) is 14.9. The van der Waals surface area contributed by atoms with Crippen LogP contribution in [-0.2, 0) is 11.2 Å². The second-order valence-electron chi connectivity index (χ2n) is 6.20. The average Bonchev–Trinajstić information content (AvgIpc) is 3.08. The van der Waals surface area contributed by atoms with Crippen LogP contribution in [0.15, 0.2) is 18.2 Å². The van der Waals surface area contributed by atoms with Gasteiger partial charge in [-0.25, -0.2) is 4.98 Å². The summed E-state index contributed by atoms with van der Waals surface area (Å²) in [6, 6.07) is 5.47. The van der Waals surface area contributed by atoms with Crippen molar-refractivity contribution in [2.75, 3.05) is 20.8 Å². The van der Waals surface area contributed by atoms with Gasteiger partial charge in [-0.1, -0.05) is 6.07 Å². The molecule has 1 amide bonds. The van der Waals surface area contributed by atoms with Gasteiger partial charge in [0.2, 0.25) is 5.91 Å². The predicted octanol–water partition coefficient (Wildman–Crippen LogP) is 2.43. The Bertz CT molecular complexity index is 721. The largest absolute Gasteiger partial charge is 0.496 e. The maximum Gasteiger partial charge on any atom is 0.227 e. The molecule has 0 radical (unpaired) electrons. The van der Waals surface area contributed by atoms with Crippen LogP contribution in [-0.4, -0.2) is 46.8 Å². The fourth-order valence-electron chi connectivity index (χ4n) is 3.36. The van der Waals surface area contributed by atoms with E-state index >= 15 is 0 Å². The Hall–Kier alpha value is -2.57. The van der Waals surface area contributed by atoms with Crippen LogP contribution in [0.25, 0.3) is 0 Å². The highest BCUT2D eigenvalue weighted by Gasteiger charge is 2.31. The van der Waals surface area contributed by atoms with Gasteiger partial charge in [0.25, 0.3) is 0 Å². The monoisotopic (exact) mass is 344 g/mol. The van der Waals surface area contributed by atoms with Crippen LogP contribution < -0.4 is 9.47 Å². The maximum absolute atomic E-state index is 13.0. The van der Waals surface area contributed by atoms with E-state index in [1.54, 1.807) is 14.2 Å². The molecule has 0 spiro atoms. The Morgan fingerprint density at radius 2 is 2.00 bits per heavy atom. The Morgan fingerprint density at radius 3 is 2.60 bits per heavy atom. The maximum atomic E-state index is 13.0. The second-order valence-corrected chi connectivity index (χ2v) is 6.20. The number of aromatic amines is 1. The third-order valence-electron chi connectivity index (χ3n) is 4.59. The topological polar surface area (TPSA) is 80.3 Å². The summed E-state index contributed by atoms with van der Waals surface area (Å²) in [4.78, 5) is 19.4. The molecule has 0 unspecified atom stereocenters. The molecule has 1 aliphatic heterocycles. The summed E-state index contributed by atoms with van der Waals surface area (Å²) in [6.45, 7) is 2.58. The van der Waals surface area contributed by atoms with Gasteiger partial charge in [0.1, 0.15) is 17.3 Å². The summed E-state index contributed by atoms with van der Waals surface area (Å²) in [5.74, 6) is 2.82. The number of piperidine rings is 1. The van der Waals surface area contributed by atoms with Gasteiger partial charge in [-0.15, -0.1) is 0 Å². The predicted molar refractivity (Wildman–Crippen MR) is 92.7 cm³/mol. The number of ether oxygens (including phenoxy) is 2. The average molecular weight is 344 g/mol. The van der Waals surface area contributed by atoms with Crippen molar-refractivity contribution in [2.45, 2.75) is 38.6 Å². The van der Waals surface area contributed by atoms with E-state index in [1.807, 2.05) is 30.0 Å². The molecule has 1 aromatic carbocycles. The molecule has 7 heteroatoms. The molecule has 0 bridgehead atoms. The Kier molecular flexibility index (Phi) is 5.21. The highest BCUT2D eigenvalue weighted by atomic mass is 16.5. The number of benzene rings is 1. The molecule has 3 rings (SSSR count). The standard InChI is InChI=1S/C18H24N4O3/c1-12-19-18(21-20-12)14-7-4-5-10-22(14)17(23)11-13-15(24-2)8-6-9-16(13)25-3/h6,8-9,14H,4-5,7,10-11H2,1-3H3,(H,19,20,21)/t14-/m1/s1. The molecule has 0 aliphatic carbocycles. The van der Waals surface area contributed by atoms with Crippen molar-refractivity contribution < 1.29 is 14.3 Å². The first-order valence-electron chi connectivity index (χ1n) is 8.52. The lowest BCUT2D eigenvalue weighted by atomic mass is 9.99. The molecule has 7 nitrogen and oxygen atoms in total. The first kappa shape index (κ1) is 17.3. The van der Waals surface area contributed by atoms with E-state index < -0.39 is 0 Å². The smallest absolute Gasteiger partial charge is 0.227 e. The zero-order valence-electron chi connectivity index (χ0n) is 14.9. The lowest BCUT2D eigenvalue weighted by Gasteiger charge is -2.34. The highest BCUT2D eigenvalue weighted by molar-refractivity contribution is 5.81. The van der Waals surface area contributed by atoms with E-state index in [-0.39, 0.29) is 18.4 Å². The molecule has 25 heavy (non-hydrogen) atoms. The van der Waals surface area contributed by atoms with Gasteiger partial charge < -0.3 is 14.4 Å². The zero-order chi connectivity index (χ0) is 17.8. The molecule has 2 heterocycles. The van der Waals surface area contributed by atoms with Gasteiger partial charge in [0, 0.05) is 12.1 Å². The van der Waals surface area contributed by atoms with Crippen molar-refractivity contribution in [1.82, 2.24) is 20.1 Å². The summed E-state index contributed by atoms with van der Waals surface area (Å²) < 4.78 is 10.8. The lowest BCUT2D eigenvalue weighted by Crippen LogP contribution is -2.40. The summed E-state index contributed by atoms with van der Waals surface area (Å²) in [6.07, 6.45) is 3.17. The first-order chi connectivity index (χ1) is 12.1. The Morgan fingerprint density at radius 1 is 1.28 bits per heavy atom. The molecule has 134 valence electrons. The van der Waals surface area contributed by atoms with E-state index in [9.17, 15) is 4.79 Å². The molecule has 1 aromatic heterocycles. The first-order valence-corrected chi connectivity index (χ1v) is 8.52. The van der Waals surface area contributed by atoms with Crippen molar-refractivity contribution in [1.29, 1.82) is 0 Å². The van der Waals surface area contributed by atoms with Gasteiger partial charge in [0.05, 0.1) is 26.7 Å². The summed E-state index contributed by atoms with van der Waals surface area (Å²) in [5.41, 5.74) is 0.771. The number of H-pyrrole nitrogens is 1. The number of aryl methyl sites for hydroxylation is 1. The minimum Gasteiger partial charge on any atom is -0.496 e. The van der Waals surface area contributed by atoms with Gasteiger partial charge >= 0.3 is 0 Å². The van der Waals surface area contributed by atoms with Crippen LogP contribution in [0.1, 0.15) is 42.5 Å². The Balaban J connectivity index is 1.84. The molecule has 1 atom stereocenters. The molecule has 2 aromatic rings. The quantitative estimate of drug-likeness (QED) is 0.901. The normalized spacial score (nSPS) is 17.4. The van der Waals surface area contributed by atoms with Crippen LogP contribution in [0.2, 0.25) is 0 Å². The van der Waals surface area contributed by atoms with Crippen LogP contribution in [0.5, 0.6) is 11.5 Å². The van der Waals surface area contributed by atoms with E-state index in [0.29, 0.717) is 23.9 Å². The summed E-state index contributed by atoms with van der Waals surface area (Å²) in [5, 5.41) is 7.14. The van der Waals surface area contributed by atoms with Crippen LogP contribution in [0.3, 0.4) is 0 Å². The third kappa shape index (κ3) is 3.60. The third-order valence-corrected chi connectivity index (χ3v) is 4.59. The van der Waals surface area contributed by atoms with Gasteiger partial charge in [-0.2, -0.15) is 5.10 Å². The van der Waals surface area contributed by atoms with Crippen molar-refractivity contribution in [3.8, 4) is 11.5 Å². The fraction of sp³-hybridized carbons (Fsp3) is 0.500. The summed E-state index contributed by atoms with van der Waals surface area (Å²) in [7, 11) is 3.20. The van der Waals surface area contributed by atoms with E-state index in [1.165, 1.54) is 0 Å². The second kappa shape index (κ2) is 7.55. The van der Waals surface area contributed by atoms with Crippen LogP contribution in [0, 0.1) is 6.92 Å². The number of likely N-dealkylation sites (tertiary alicyclic amines) is 1. The number of aromatic nitrogens is 3. The SMILES string of the molecule is COc1cccc(OC)c1CC(=O)N1CCCC[C@@H]1c1n[nH]c(C)n1. The van der Waals surface area contributed by atoms with Crippen molar-refractivity contribution >= 4 is 5.91 Å². The van der Waals surface area contributed by atoms with Gasteiger partial charge in [0.15, 0.2) is 5.82 Å². The number of nitrogens with one attached hydrogen (secondary N) is 1. The molecule has 1 fully saturated rings.